The molecule has 0 aromatic carbocycles. The Labute approximate surface area is 204 Å². The highest BCUT2D eigenvalue weighted by Crippen LogP contribution is 2.25. The van der Waals surface area contributed by atoms with E-state index in [1.54, 1.807) is 48.3 Å². The molecule has 0 saturated carbocycles. The Hall–Kier alpha value is -1.95. The van der Waals surface area contributed by atoms with E-state index in [-0.39, 0.29) is 12.5 Å². The molecule has 0 fully saturated rings. The van der Waals surface area contributed by atoms with Crippen molar-refractivity contribution in [3.63, 3.8) is 0 Å². The summed E-state index contributed by atoms with van der Waals surface area (Å²) in [4.78, 5) is 31.1. The average molecular weight is 516 g/mol. The first-order valence-electron chi connectivity index (χ1n) is 10.7. The molecule has 2 aromatic rings. The average Bonchev–Trinajstić information content (AvgIpc) is 3.37. The maximum Gasteiger partial charge on any atom is 0.408 e. The molecule has 2 rings (SSSR count). The molecule has 0 spiro atoms. The SMILES string of the molecule is CC(C)(C)N(C(=O)O)C(CCCCNS(C)(=O)=O)C(=O)N(Cc1cccs1)Cc1cccs1. The van der Waals surface area contributed by atoms with Gasteiger partial charge in [-0.15, -0.1) is 22.7 Å². The molecule has 2 N–H and O–H groups in total. The van der Waals surface area contributed by atoms with Gasteiger partial charge in [-0.2, -0.15) is 0 Å². The number of thiophene rings is 2. The molecule has 8 nitrogen and oxygen atoms in total. The summed E-state index contributed by atoms with van der Waals surface area (Å²) in [5, 5.41) is 13.9. The number of nitrogens with one attached hydrogen (secondary N) is 1. The van der Waals surface area contributed by atoms with Crippen molar-refractivity contribution >= 4 is 44.7 Å². The van der Waals surface area contributed by atoms with Gasteiger partial charge in [-0.1, -0.05) is 12.1 Å². The molecule has 0 bridgehead atoms. The predicted molar refractivity (Wildman–Crippen MR) is 133 cm³/mol. The minimum absolute atomic E-state index is 0.245. The smallest absolute Gasteiger partial charge is 0.408 e. The van der Waals surface area contributed by atoms with Gasteiger partial charge in [0.25, 0.3) is 0 Å². The molecule has 2 heterocycles. The Balaban J connectivity index is 2.27. The van der Waals surface area contributed by atoms with Crippen molar-refractivity contribution in [2.24, 2.45) is 0 Å². The number of sulfonamides is 1. The van der Waals surface area contributed by atoms with Crippen LogP contribution in [0, 0.1) is 0 Å². The van der Waals surface area contributed by atoms with E-state index in [2.05, 4.69) is 4.72 Å². The third-order valence-corrected chi connectivity index (χ3v) is 7.41. The maximum absolute atomic E-state index is 13.8. The highest BCUT2D eigenvalue weighted by Gasteiger charge is 2.39. The van der Waals surface area contributed by atoms with Crippen LogP contribution in [0.3, 0.4) is 0 Å². The Bertz CT molecular complexity index is 947. The Morgan fingerprint density at radius 3 is 2.00 bits per heavy atom. The zero-order valence-corrected chi connectivity index (χ0v) is 21.9. The molecule has 2 amide bonds. The van der Waals surface area contributed by atoms with Crippen LogP contribution in [0.5, 0.6) is 0 Å². The highest BCUT2D eigenvalue weighted by molar-refractivity contribution is 7.88. The van der Waals surface area contributed by atoms with Crippen LogP contribution in [0.1, 0.15) is 49.8 Å². The second kappa shape index (κ2) is 12.0. The first-order valence-corrected chi connectivity index (χ1v) is 14.3. The van der Waals surface area contributed by atoms with Gasteiger partial charge in [-0.05, 0) is 62.9 Å². The first kappa shape index (κ1) is 27.3. The van der Waals surface area contributed by atoms with E-state index in [0.29, 0.717) is 32.4 Å². The van der Waals surface area contributed by atoms with E-state index < -0.39 is 27.7 Å². The van der Waals surface area contributed by atoms with Gasteiger partial charge in [0.1, 0.15) is 6.04 Å². The molecule has 2 aromatic heterocycles. The van der Waals surface area contributed by atoms with Crippen molar-refractivity contribution in [2.45, 2.75) is 64.7 Å². The van der Waals surface area contributed by atoms with Crippen molar-refractivity contribution < 1.29 is 23.1 Å². The summed E-state index contributed by atoms with van der Waals surface area (Å²) in [6, 6.07) is 6.91. The van der Waals surface area contributed by atoms with Crippen molar-refractivity contribution in [1.29, 1.82) is 0 Å². The summed E-state index contributed by atoms with van der Waals surface area (Å²) in [5.74, 6) is -0.245. The summed E-state index contributed by atoms with van der Waals surface area (Å²) in [5.41, 5.74) is -0.783. The number of hydrogen-bond acceptors (Lipinski definition) is 6. The minimum atomic E-state index is -3.29. The number of rotatable bonds is 12. The summed E-state index contributed by atoms with van der Waals surface area (Å²) >= 11 is 3.11. The zero-order chi connectivity index (χ0) is 24.6. The largest absolute Gasteiger partial charge is 0.465 e. The van der Waals surface area contributed by atoms with E-state index in [1.165, 1.54) is 4.90 Å². The number of amides is 2. The van der Waals surface area contributed by atoms with Gasteiger partial charge < -0.3 is 10.0 Å². The van der Waals surface area contributed by atoms with E-state index >= 15 is 0 Å². The monoisotopic (exact) mass is 515 g/mol. The molecular weight excluding hydrogens is 482 g/mol. The molecule has 1 atom stereocenters. The quantitative estimate of drug-likeness (QED) is 0.412. The maximum atomic E-state index is 13.8. The molecule has 33 heavy (non-hydrogen) atoms. The normalized spacial score (nSPS) is 13.0. The molecular formula is C22H33N3O5S3. The number of carbonyl (C=O) groups is 2. The lowest BCUT2D eigenvalue weighted by Crippen LogP contribution is -2.57. The van der Waals surface area contributed by atoms with Gasteiger partial charge >= 0.3 is 6.09 Å². The van der Waals surface area contributed by atoms with E-state index in [1.807, 2.05) is 35.0 Å². The number of carbonyl (C=O) groups excluding carboxylic acids is 1. The lowest BCUT2D eigenvalue weighted by atomic mass is 9.98. The zero-order valence-electron chi connectivity index (χ0n) is 19.5. The van der Waals surface area contributed by atoms with E-state index in [0.717, 1.165) is 16.0 Å². The number of nitrogens with zero attached hydrogens (tertiary/aromatic N) is 2. The fourth-order valence-corrected chi connectivity index (χ4v) is 5.53. The van der Waals surface area contributed by atoms with Crippen LogP contribution in [0.15, 0.2) is 35.0 Å². The Kier molecular flexibility index (Phi) is 9.89. The second-order valence-corrected chi connectivity index (χ2v) is 12.8. The van der Waals surface area contributed by atoms with Crippen LogP contribution in [-0.4, -0.2) is 59.7 Å². The number of unbranched alkanes of at least 4 members (excludes halogenated alkanes) is 1. The first-order chi connectivity index (χ1) is 15.4. The molecule has 0 radical (unpaired) electrons. The molecule has 0 saturated heterocycles. The summed E-state index contributed by atoms with van der Waals surface area (Å²) < 4.78 is 25.0. The van der Waals surface area contributed by atoms with Crippen LogP contribution in [0.4, 0.5) is 4.79 Å². The van der Waals surface area contributed by atoms with Crippen LogP contribution < -0.4 is 4.72 Å². The van der Waals surface area contributed by atoms with Crippen molar-refractivity contribution in [3.8, 4) is 0 Å². The van der Waals surface area contributed by atoms with Gasteiger partial charge in [0.15, 0.2) is 0 Å². The summed E-state index contributed by atoms with van der Waals surface area (Å²) in [7, 11) is -3.29. The molecule has 1 unspecified atom stereocenters. The second-order valence-electron chi connectivity index (χ2n) is 8.85. The fourth-order valence-electron chi connectivity index (χ4n) is 3.57. The predicted octanol–water partition coefficient (Wildman–Crippen LogP) is 4.21. The van der Waals surface area contributed by atoms with Crippen molar-refractivity contribution in [3.05, 3.63) is 44.8 Å². The van der Waals surface area contributed by atoms with Gasteiger partial charge in [-0.25, -0.2) is 17.9 Å². The van der Waals surface area contributed by atoms with Crippen LogP contribution in [-0.2, 0) is 27.9 Å². The molecule has 184 valence electrons. The topological polar surface area (TPSA) is 107 Å². The van der Waals surface area contributed by atoms with Crippen LogP contribution in [0.2, 0.25) is 0 Å². The van der Waals surface area contributed by atoms with Gasteiger partial charge in [-0.3, -0.25) is 9.69 Å². The highest BCUT2D eigenvalue weighted by atomic mass is 32.2. The molecule has 0 aliphatic rings. The standard InChI is InChI=1S/C22H33N3O5S3/c1-22(2,3)25(21(27)28)19(11-5-6-12-23-33(4,29)30)20(26)24(15-17-9-7-13-31-17)16-18-10-8-14-32-18/h7-10,13-14,19,23H,5-6,11-12,15-16H2,1-4H3,(H,27,28). The molecule has 0 aliphatic heterocycles. The summed E-state index contributed by atoms with van der Waals surface area (Å²) in [6.45, 7) is 6.37. The third-order valence-electron chi connectivity index (χ3n) is 4.96. The molecule has 11 heteroatoms. The van der Waals surface area contributed by atoms with E-state index in [4.69, 9.17) is 0 Å². The Morgan fingerprint density at radius 2 is 1.61 bits per heavy atom. The van der Waals surface area contributed by atoms with Crippen LogP contribution >= 0.6 is 22.7 Å². The third kappa shape index (κ3) is 9.07. The lowest BCUT2D eigenvalue weighted by Gasteiger charge is -2.40. The van der Waals surface area contributed by atoms with Gasteiger partial charge in [0.05, 0.1) is 19.3 Å². The fraction of sp³-hybridized carbons (Fsp3) is 0.545. The minimum Gasteiger partial charge on any atom is -0.465 e. The van der Waals surface area contributed by atoms with Crippen LogP contribution in [0.25, 0.3) is 0 Å². The van der Waals surface area contributed by atoms with Gasteiger partial charge in [0.2, 0.25) is 15.9 Å². The Morgan fingerprint density at radius 1 is 1.06 bits per heavy atom. The lowest BCUT2D eigenvalue weighted by molar-refractivity contribution is -0.139. The number of carboxylic acid groups (broad SMARTS) is 1. The summed E-state index contributed by atoms with van der Waals surface area (Å²) in [6.07, 6.45) is 1.26. The van der Waals surface area contributed by atoms with Crippen molar-refractivity contribution in [2.75, 3.05) is 12.8 Å². The van der Waals surface area contributed by atoms with Gasteiger partial charge in [0, 0.05) is 21.8 Å². The number of hydrogen-bond donors (Lipinski definition) is 2. The van der Waals surface area contributed by atoms with Crippen molar-refractivity contribution in [1.82, 2.24) is 14.5 Å². The molecule has 0 aliphatic carbocycles. The van der Waals surface area contributed by atoms with E-state index in [9.17, 15) is 23.1 Å².